The molecule has 0 bridgehead atoms. The van der Waals surface area contributed by atoms with Gasteiger partial charge < -0.3 is 14.4 Å². The van der Waals surface area contributed by atoms with Gasteiger partial charge in [-0.25, -0.2) is 0 Å². The van der Waals surface area contributed by atoms with E-state index < -0.39 is 0 Å². The van der Waals surface area contributed by atoms with E-state index in [1.807, 2.05) is 24.4 Å². The van der Waals surface area contributed by atoms with Crippen molar-refractivity contribution < 1.29 is 9.59 Å². The van der Waals surface area contributed by atoms with Gasteiger partial charge in [-0.1, -0.05) is 18.2 Å². The van der Waals surface area contributed by atoms with E-state index in [9.17, 15) is 9.59 Å². The summed E-state index contributed by atoms with van der Waals surface area (Å²) in [5.74, 6) is -0.0226. The first-order chi connectivity index (χ1) is 13.1. The Morgan fingerprint density at radius 1 is 1.07 bits per heavy atom. The van der Waals surface area contributed by atoms with Gasteiger partial charge in [0.2, 0.25) is 5.91 Å². The molecule has 2 aromatic heterocycles. The second-order valence-corrected chi connectivity index (χ2v) is 6.93. The number of aromatic nitrogens is 3. The highest BCUT2D eigenvalue weighted by Crippen LogP contribution is 2.17. The van der Waals surface area contributed by atoms with Crippen LogP contribution in [0.5, 0.6) is 0 Å². The molecule has 2 amide bonds. The van der Waals surface area contributed by atoms with Crippen molar-refractivity contribution in [3.05, 3.63) is 54.0 Å². The van der Waals surface area contributed by atoms with Crippen LogP contribution in [0.3, 0.4) is 0 Å². The minimum Gasteiger partial charge on any atom is -0.341 e. The molecular formula is C20H23N5O2. The van der Waals surface area contributed by atoms with Gasteiger partial charge in [0.25, 0.3) is 5.91 Å². The fraction of sp³-hybridized carbons (Fsp3) is 0.350. The third-order valence-electron chi connectivity index (χ3n) is 5.10. The predicted octanol–water partition coefficient (Wildman–Crippen LogP) is 2.11. The van der Waals surface area contributed by atoms with Gasteiger partial charge in [0.15, 0.2) is 0 Å². The lowest BCUT2D eigenvalue weighted by atomic mass is 10.2. The molecule has 0 atom stereocenters. The van der Waals surface area contributed by atoms with E-state index in [1.165, 1.54) is 5.39 Å². The number of amides is 2. The summed E-state index contributed by atoms with van der Waals surface area (Å²) < 4.78 is 2.13. The summed E-state index contributed by atoms with van der Waals surface area (Å²) in [4.78, 5) is 27.9. The molecule has 1 saturated heterocycles. The first-order valence-corrected chi connectivity index (χ1v) is 9.25. The molecule has 0 saturated carbocycles. The summed E-state index contributed by atoms with van der Waals surface area (Å²) in [5, 5.41) is 8.40. The number of rotatable bonds is 3. The fourth-order valence-electron chi connectivity index (χ4n) is 3.61. The Bertz CT molecular complexity index is 974. The van der Waals surface area contributed by atoms with Crippen LogP contribution < -0.4 is 0 Å². The van der Waals surface area contributed by atoms with Crippen molar-refractivity contribution in [3.63, 3.8) is 0 Å². The van der Waals surface area contributed by atoms with Crippen molar-refractivity contribution in [2.75, 3.05) is 26.2 Å². The van der Waals surface area contributed by atoms with Gasteiger partial charge >= 0.3 is 0 Å². The molecule has 3 aromatic rings. The highest BCUT2D eigenvalue weighted by Gasteiger charge is 2.23. The van der Waals surface area contributed by atoms with Crippen molar-refractivity contribution in [2.24, 2.45) is 0 Å². The Labute approximate surface area is 157 Å². The third kappa shape index (κ3) is 3.58. The zero-order valence-corrected chi connectivity index (χ0v) is 15.4. The van der Waals surface area contributed by atoms with Crippen molar-refractivity contribution >= 4 is 22.7 Å². The number of hydrogen-bond acceptors (Lipinski definition) is 3. The molecule has 0 unspecified atom stereocenters. The first kappa shape index (κ1) is 17.3. The van der Waals surface area contributed by atoms with Gasteiger partial charge in [-0.05, 0) is 30.0 Å². The normalized spacial score (nSPS) is 15.1. The number of benzene rings is 1. The molecule has 7 heteroatoms. The van der Waals surface area contributed by atoms with Crippen LogP contribution >= 0.6 is 0 Å². The molecule has 1 aliphatic heterocycles. The SMILES string of the molecule is CC(=O)N1CCCN(C(=O)c2cc(Cn3ccc4ccccc43)[nH]n2)CC1. The van der Waals surface area contributed by atoms with Crippen molar-refractivity contribution in [3.8, 4) is 0 Å². The summed E-state index contributed by atoms with van der Waals surface area (Å²) in [6.45, 7) is 4.67. The lowest BCUT2D eigenvalue weighted by Crippen LogP contribution is -2.36. The Kier molecular flexibility index (Phi) is 4.66. The van der Waals surface area contributed by atoms with E-state index in [2.05, 4.69) is 33.0 Å². The quantitative estimate of drug-likeness (QED) is 0.772. The lowest BCUT2D eigenvalue weighted by molar-refractivity contribution is -0.128. The number of para-hydroxylation sites is 1. The van der Waals surface area contributed by atoms with Crippen molar-refractivity contribution in [1.82, 2.24) is 24.6 Å². The van der Waals surface area contributed by atoms with Crippen LogP contribution in [-0.4, -0.2) is 62.6 Å². The van der Waals surface area contributed by atoms with Gasteiger partial charge in [0, 0.05) is 44.8 Å². The summed E-state index contributed by atoms with van der Waals surface area (Å²) in [6, 6.07) is 12.1. The fourth-order valence-corrected chi connectivity index (χ4v) is 3.61. The number of hydrogen-bond donors (Lipinski definition) is 1. The maximum absolute atomic E-state index is 12.8. The zero-order chi connectivity index (χ0) is 18.8. The van der Waals surface area contributed by atoms with Crippen molar-refractivity contribution in [2.45, 2.75) is 19.9 Å². The molecule has 27 heavy (non-hydrogen) atoms. The molecule has 1 N–H and O–H groups in total. The number of fused-ring (bicyclic) bond motifs is 1. The van der Waals surface area contributed by atoms with Gasteiger partial charge in [-0.15, -0.1) is 0 Å². The molecule has 1 aliphatic rings. The smallest absolute Gasteiger partial charge is 0.274 e. The first-order valence-electron chi connectivity index (χ1n) is 9.25. The van der Waals surface area contributed by atoms with Gasteiger partial charge in [-0.2, -0.15) is 5.10 Å². The molecule has 140 valence electrons. The minimum absolute atomic E-state index is 0.0605. The summed E-state index contributed by atoms with van der Waals surface area (Å²) in [7, 11) is 0. The molecule has 0 spiro atoms. The highest BCUT2D eigenvalue weighted by molar-refractivity contribution is 5.92. The molecule has 0 aliphatic carbocycles. The van der Waals surface area contributed by atoms with E-state index in [0.29, 0.717) is 38.4 Å². The maximum atomic E-state index is 12.8. The topological polar surface area (TPSA) is 74.2 Å². The number of H-pyrrole nitrogens is 1. The van der Waals surface area contributed by atoms with Gasteiger partial charge in [-0.3, -0.25) is 14.7 Å². The molecule has 3 heterocycles. The van der Waals surface area contributed by atoms with E-state index in [4.69, 9.17) is 0 Å². The van der Waals surface area contributed by atoms with E-state index in [0.717, 1.165) is 17.6 Å². The minimum atomic E-state index is -0.0831. The molecular weight excluding hydrogens is 342 g/mol. The summed E-state index contributed by atoms with van der Waals surface area (Å²) in [5.41, 5.74) is 2.47. The van der Waals surface area contributed by atoms with Crippen LogP contribution in [0.25, 0.3) is 10.9 Å². The van der Waals surface area contributed by atoms with E-state index in [1.54, 1.807) is 16.7 Å². The second-order valence-electron chi connectivity index (χ2n) is 6.93. The standard InChI is InChI=1S/C20H23N5O2/c1-15(26)23-8-4-9-24(12-11-23)20(27)18-13-17(21-22-18)14-25-10-7-16-5-2-3-6-19(16)25/h2-3,5-7,10,13H,4,8-9,11-12,14H2,1H3,(H,21,22). The van der Waals surface area contributed by atoms with E-state index in [-0.39, 0.29) is 11.8 Å². The van der Waals surface area contributed by atoms with Crippen LogP contribution in [0.4, 0.5) is 0 Å². The highest BCUT2D eigenvalue weighted by atomic mass is 16.2. The largest absolute Gasteiger partial charge is 0.341 e. The summed E-state index contributed by atoms with van der Waals surface area (Å²) in [6.07, 6.45) is 2.83. The second kappa shape index (κ2) is 7.26. The maximum Gasteiger partial charge on any atom is 0.274 e. The number of nitrogens with zero attached hydrogens (tertiary/aromatic N) is 4. The average Bonchev–Trinajstić information content (AvgIpc) is 3.21. The van der Waals surface area contributed by atoms with Crippen LogP contribution in [0.15, 0.2) is 42.6 Å². The van der Waals surface area contributed by atoms with Crippen LogP contribution in [0.1, 0.15) is 29.5 Å². The lowest BCUT2D eigenvalue weighted by Gasteiger charge is -2.20. The zero-order valence-electron chi connectivity index (χ0n) is 15.4. The molecule has 0 radical (unpaired) electrons. The van der Waals surface area contributed by atoms with Crippen LogP contribution in [0, 0.1) is 0 Å². The predicted molar refractivity (Wildman–Crippen MR) is 102 cm³/mol. The third-order valence-corrected chi connectivity index (χ3v) is 5.10. The monoisotopic (exact) mass is 365 g/mol. The van der Waals surface area contributed by atoms with Crippen LogP contribution in [0.2, 0.25) is 0 Å². The van der Waals surface area contributed by atoms with Crippen LogP contribution in [-0.2, 0) is 11.3 Å². The number of aromatic amines is 1. The Hall–Kier alpha value is -3.09. The Morgan fingerprint density at radius 2 is 1.85 bits per heavy atom. The Morgan fingerprint density at radius 3 is 2.70 bits per heavy atom. The summed E-state index contributed by atoms with van der Waals surface area (Å²) >= 11 is 0. The molecule has 1 aromatic carbocycles. The van der Waals surface area contributed by atoms with Gasteiger partial charge in [0.05, 0.1) is 12.2 Å². The number of nitrogens with one attached hydrogen (secondary N) is 1. The number of carbonyl (C=O) groups is 2. The van der Waals surface area contributed by atoms with E-state index >= 15 is 0 Å². The molecule has 4 rings (SSSR count). The molecule has 1 fully saturated rings. The molecule has 7 nitrogen and oxygen atoms in total. The Balaban J connectivity index is 1.46. The number of carbonyl (C=O) groups excluding carboxylic acids is 2. The van der Waals surface area contributed by atoms with Crippen molar-refractivity contribution in [1.29, 1.82) is 0 Å². The average molecular weight is 365 g/mol. The van der Waals surface area contributed by atoms with Gasteiger partial charge in [0.1, 0.15) is 5.69 Å².